The molecular formula is C13H11BrF3N3O. The Morgan fingerprint density at radius 1 is 1.19 bits per heavy atom. The van der Waals surface area contributed by atoms with Crippen molar-refractivity contribution in [2.45, 2.75) is 12.8 Å². The molecule has 21 heavy (non-hydrogen) atoms. The molecule has 1 aromatic carbocycles. The van der Waals surface area contributed by atoms with Crippen molar-refractivity contribution in [1.29, 1.82) is 0 Å². The van der Waals surface area contributed by atoms with Crippen molar-refractivity contribution in [3.8, 4) is 5.88 Å². The lowest BCUT2D eigenvalue weighted by molar-refractivity contribution is -0.145. The van der Waals surface area contributed by atoms with E-state index in [1.54, 1.807) is 12.1 Å². The molecule has 0 spiro atoms. The van der Waals surface area contributed by atoms with Gasteiger partial charge in [0.05, 0.1) is 0 Å². The van der Waals surface area contributed by atoms with Crippen LogP contribution in [-0.2, 0) is 12.8 Å². The fourth-order valence-corrected chi connectivity index (χ4v) is 1.76. The van der Waals surface area contributed by atoms with Gasteiger partial charge in [-0.15, -0.1) is 0 Å². The van der Waals surface area contributed by atoms with Gasteiger partial charge in [-0.2, -0.15) is 18.2 Å². The fraction of sp³-hybridized carbons (Fsp3) is 0.231. The van der Waals surface area contributed by atoms with Crippen LogP contribution in [0.2, 0.25) is 0 Å². The fourth-order valence-electron chi connectivity index (χ4n) is 1.49. The van der Waals surface area contributed by atoms with Crippen LogP contribution in [-0.4, -0.2) is 17.0 Å². The van der Waals surface area contributed by atoms with Gasteiger partial charge in [-0.05, 0) is 17.7 Å². The Morgan fingerprint density at radius 3 is 2.43 bits per heavy atom. The molecule has 0 aliphatic heterocycles. The highest BCUT2D eigenvalue weighted by Gasteiger charge is 2.35. The molecule has 1 N–H and O–H groups in total. The Labute approximate surface area is 127 Å². The van der Waals surface area contributed by atoms with Gasteiger partial charge in [-0.25, -0.2) is 4.98 Å². The molecule has 4 nitrogen and oxygen atoms in total. The Hall–Kier alpha value is -1.83. The first-order chi connectivity index (χ1) is 9.88. The number of halogens is 4. The predicted molar refractivity (Wildman–Crippen MR) is 75.1 cm³/mol. The van der Waals surface area contributed by atoms with Crippen molar-refractivity contribution in [2.75, 3.05) is 12.4 Å². The molecule has 0 amide bonds. The van der Waals surface area contributed by atoms with E-state index in [0.29, 0.717) is 0 Å². The second-order valence-corrected chi connectivity index (χ2v) is 4.99. The molecule has 0 aliphatic carbocycles. The molecule has 0 saturated heterocycles. The standard InChI is InChI=1S/C13H11BrF3N3O/c1-18-10-6-11(20-12(19-10)13(15,16)17)21-7-8-2-4-9(14)5-3-8/h2-6H,7H2,1H3,(H,18,19,20). The van der Waals surface area contributed by atoms with Crippen LogP contribution in [0.1, 0.15) is 11.4 Å². The minimum absolute atomic E-state index is 0.0446. The number of ether oxygens (including phenoxy) is 1. The summed E-state index contributed by atoms with van der Waals surface area (Å²) in [4.78, 5) is 6.73. The quantitative estimate of drug-likeness (QED) is 0.897. The van der Waals surface area contributed by atoms with E-state index >= 15 is 0 Å². The average molecular weight is 362 g/mol. The van der Waals surface area contributed by atoms with E-state index < -0.39 is 12.0 Å². The summed E-state index contributed by atoms with van der Waals surface area (Å²) < 4.78 is 44.2. The van der Waals surface area contributed by atoms with Crippen molar-refractivity contribution in [3.05, 3.63) is 46.2 Å². The maximum Gasteiger partial charge on any atom is 0.451 e. The van der Waals surface area contributed by atoms with E-state index in [0.717, 1.165) is 10.0 Å². The lowest BCUT2D eigenvalue weighted by atomic mass is 10.2. The predicted octanol–water partition coefficient (Wildman–Crippen LogP) is 3.88. The van der Waals surface area contributed by atoms with Crippen LogP contribution in [0.5, 0.6) is 5.88 Å². The zero-order chi connectivity index (χ0) is 15.5. The van der Waals surface area contributed by atoms with Crippen LogP contribution < -0.4 is 10.1 Å². The first-order valence-corrected chi connectivity index (χ1v) is 6.69. The lowest BCUT2D eigenvalue weighted by Gasteiger charge is -2.11. The number of hydrogen-bond acceptors (Lipinski definition) is 4. The minimum atomic E-state index is -4.62. The number of nitrogens with one attached hydrogen (secondary N) is 1. The minimum Gasteiger partial charge on any atom is -0.473 e. The third-order valence-electron chi connectivity index (χ3n) is 2.51. The van der Waals surface area contributed by atoms with E-state index in [1.165, 1.54) is 13.1 Å². The van der Waals surface area contributed by atoms with Gasteiger partial charge in [-0.1, -0.05) is 28.1 Å². The van der Waals surface area contributed by atoms with E-state index in [4.69, 9.17) is 4.74 Å². The van der Waals surface area contributed by atoms with Crippen LogP contribution in [0.3, 0.4) is 0 Å². The summed E-state index contributed by atoms with van der Waals surface area (Å²) >= 11 is 3.30. The number of anilines is 1. The van der Waals surface area contributed by atoms with Gasteiger partial charge >= 0.3 is 6.18 Å². The zero-order valence-corrected chi connectivity index (χ0v) is 12.5. The highest BCUT2D eigenvalue weighted by Crippen LogP contribution is 2.29. The number of aromatic nitrogens is 2. The summed E-state index contributed by atoms with van der Waals surface area (Å²) in [6.45, 7) is 0.116. The molecule has 0 bridgehead atoms. The Kier molecular flexibility index (Phi) is 4.66. The number of nitrogens with zero attached hydrogens (tertiary/aromatic N) is 2. The Morgan fingerprint density at radius 2 is 1.86 bits per heavy atom. The van der Waals surface area contributed by atoms with Crippen molar-refractivity contribution in [2.24, 2.45) is 0 Å². The van der Waals surface area contributed by atoms with Gasteiger partial charge in [0.2, 0.25) is 11.7 Å². The van der Waals surface area contributed by atoms with E-state index in [1.807, 2.05) is 12.1 Å². The molecular weight excluding hydrogens is 351 g/mol. The SMILES string of the molecule is CNc1cc(OCc2ccc(Br)cc2)nc(C(F)(F)F)n1. The molecule has 1 heterocycles. The van der Waals surface area contributed by atoms with Crippen LogP contribution in [0.25, 0.3) is 0 Å². The summed E-state index contributed by atoms with van der Waals surface area (Å²) in [7, 11) is 1.47. The summed E-state index contributed by atoms with van der Waals surface area (Å²) in [5.74, 6) is -1.33. The number of benzene rings is 1. The first-order valence-electron chi connectivity index (χ1n) is 5.90. The maximum absolute atomic E-state index is 12.7. The second-order valence-electron chi connectivity index (χ2n) is 4.08. The molecule has 112 valence electrons. The van der Waals surface area contributed by atoms with E-state index in [9.17, 15) is 13.2 Å². The monoisotopic (exact) mass is 361 g/mol. The summed E-state index contributed by atoms with van der Waals surface area (Å²) in [6, 6.07) is 8.55. The molecule has 0 fully saturated rings. The average Bonchev–Trinajstić information content (AvgIpc) is 2.45. The van der Waals surface area contributed by atoms with Crippen molar-refractivity contribution < 1.29 is 17.9 Å². The van der Waals surface area contributed by atoms with Crippen LogP contribution in [0, 0.1) is 0 Å². The van der Waals surface area contributed by atoms with Crippen molar-refractivity contribution in [3.63, 3.8) is 0 Å². The van der Waals surface area contributed by atoms with Crippen LogP contribution in [0.4, 0.5) is 19.0 Å². The van der Waals surface area contributed by atoms with Gasteiger partial charge in [0.25, 0.3) is 0 Å². The summed E-state index contributed by atoms with van der Waals surface area (Å²) in [6.07, 6.45) is -4.62. The van der Waals surface area contributed by atoms with Gasteiger partial charge in [0.15, 0.2) is 0 Å². The van der Waals surface area contributed by atoms with Crippen molar-refractivity contribution in [1.82, 2.24) is 9.97 Å². The molecule has 0 atom stereocenters. The molecule has 8 heteroatoms. The Balaban J connectivity index is 2.17. The molecule has 0 unspecified atom stereocenters. The smallest absolute Gasteiger partial charge is 0.451 e. The molecule has 0 aliphatic rings. The van der Waals surface area contributed by atoms with Gasteiger partial charge < -0.3 is 10.1 Å². The first kappa shape index (κ1) is 15.6. The normalized spacial score (nSPS) is 11.3. The molecule has 0 radical (unpaired) electrons. The lowest BCUT2D eigenvalue weighted by Crippen LogP contribution is -2.13. The molecule has 2 rings (SSSR count). The largest absolute Gasteiger partial charge is 0.473 e. The van der Waals surface area contributed by atoms with Gasteiger partial charge in [-0.3, -0.25) is 0 Å². The highest BCUT2D eigenvalue weighted by atomic mass is 79.9. The molecule has 1 aromatic heterocycles. The molecule has 2 aromatic rings. The van der Waals surface area contributed by atoms with E-state index in [-0.39, 0.29) is 18.3 Å². The maximum atomic E-state index is 12.7. The van der Waals surface area contributed by atoms with Gasteiger partial charge in [0.1, 0.15) is 12.4 Å². The molecule has 0 saturated carbocycles. The highest BCUT2D eigenvalue weighted by molar-refractivity contribution is 9.10. The van der Waals surface area contributed by atoms with E-state index in [2.05, 4.69) is 31.2 Å². The summed E-state index contributed by atoms with van der Waals surface area (Å²) in [5.41, 5.74) is 0.816. The number of rotatable bonds is 4. The summed E-state index contributed by atoms with van der Waals surface area (Å²) in [5, 5.41) is 2.55. The van der Waals surface area contributed by atoms with Crippen LogP contribution in [0.15, 0.2) is 34.8 Å². The topological polar surface area (TPSA) is 47.0 Å². The zero-order valence-electron chi connectivity index (χ0n) is 10.9. The van der Waals surface area contributed by atoms with Crippen LogP contribution >= 0.6 is 15.9 Å². The third-order valence-corrected chi connectivity index (χ3v) is 3.04. The number of alkyl halides is 3. The Bertz CT molecular complexity index is 617. The van der Waals surface area contributed by atoms with Crippen molar-refractivity contribution >= 4 is 21.7 Å². The van der Waals surface area contributed by atoms with Gasteiger partial charge in [0, 0.05) is 17.6 Å². The number of hydrogen-bond donors (Lipinski definition) is 1. The second kappa shape index (κ2) is 6.30. The third kappa shape index (κ3) is 4.32.